The van der Waals surface area contributed by atoms with Gasteiger partial charge in [-0.1, -0.05) is 13.3 Å². The van der Waals surface area contributed by atoms with Crippen LogP contribution in [0.5, 0.6) is 0 Å². The van der Waals surface area contributed by atoms with Crippen LogP contribution in [0.25, 0.3) is 0 Å². The first-order chi connectivity index (χ1) is 7.20. The molecule has 3 N–H and O–H groups in total. The van der Waals surface area contributed by atoms with Crippen LogP contribution < -0.4 is 11.1 Å². The summed E-state index contributed by atoms with van der Waals surface area (Å²) < 4.78 is 37.2. The third kappa shape index (κ3) is 2.66. The highest BCUT2D eigenvalue weighted by Crippen LogP contribution is 2.36. The Kier molecular flexibility index (Phi) is 3.52. The smallest absolute Gasteiger partial charge is 0.351 e. The Bertz CT molecular complexity index is 276. The van der Waals surface area contributed by atoms with Gasteiger partial charge in [-0.2, -0.15) is 13.2 Å². The quantitative estimate of drug-likeness (QED) is 0.781. The van der Waals surface area contributed by atoms with Gasteiger partial charge in [0.1, 0.15) is 0 Å². The molecular weight excluding hydrogens is 221 g/mol. The number of alkyl halides is 3. The van der Waals surface area contributed by atoms with Crippen LogP contribution in [0, 0.1) is 5.92 Å². The number of rotatable bonds is 4. The van der Waals surface area contributed by atoms with Crippen LogP contribution in [0.1, 0.15) is 33.1 Å². The maximum atomic E-state index is 12.4. The number of hydrogen-bond donors (Lipinski definition) is 2. The van der Waals surface area contributed by atoms with Crippen LogP contribution >= 0.6 is 0 Å². The molecule has 1 fully saturated rings. The van der Waals surface area contributed by atoms with E-state index in [1.54, 1.807) is 0 Å². The number of amides is 1. The minimum Gasteiger partial charge on any atom is -0.351 e. The van der Waals surface area contributed by atoms with Crippen LogP contribution in [-0.2, 0) is 4.79 Å². The van der Waals surface area contributed by atoms with Gasteiger partial charge in [-0.3, -0.25) is 4.79 Å². The fraction of sp³-hybridized carbons (Fsp3) is 0.900. The second kappa shape index (κ2) is 4.24. The average molecular weight is 238 g/mol. The van der Waals surface area contributed by atoms with Gasteiger partial charge in [0.25, 0.3) is 0 Å². The molecule has 1 rings (SSSR count). The van der Waals surface area contributed by atoms with Crippen molar-refractivity contribution in [2.75, 3.05) is 0 Å². The Labute approximate surface area is 92.6 Å². The lowest BCUT2D eigenvalue weighted by atomic mass is 10.0. The van der Waals surface area contributed by atoms with Gasteiger partial charge in [0, 0.05) is 6.04 Å². The molecule has 3 nitrogen and oxygen atoms in total. The van der Waals surface area contributed by atoms with Gasteiger partial charge in [-0.15, -0.1) is 0 Å². The van der Waals surface area contributed by atoms with E-state index >= 15 is 0 Å². The van der Waals surface area contributed by atoms with Gasteiger partial charge in [-0.05, 0) is 25.7 Å². The van der Waals surface area contributed by atoms with Crippen molar-refractivity contribution in [2.24, 2.45) is 11.7 Å². The minimum absolute atomic E-state index is 0.127. The van der Waals surface area contributed by atoms with E-state index in [1.165, 1.54) is 0 Å². The Hall–Kier alpha value is -0.780. The first-order valence-electron chi connectivity index (χ1n) is 5.36. The molecule has 94 valence electrons. The zero-order chi connectivity index (χ0) is 12.6. The summed E-state index contributed by atoms with van der Waals surface area (Å²) in [7, 11) is 0. The van der Waals surface area contributed by atoms with E-state index in [0.29, 0.717) is 12.8 Å². The van der Waals surface area contributed by atoms with Gasteiger partial charge in [0.15, 0.2) is 5.54 Å². The van der Waals surface area contributed by atoms with E-state index in [1.807, 2.05) is 6.92 Å². The summed E-state index contributed by atoms with van der Waals surface area (Å²) in [5.74, 6) is -0.818. The summed E-state index contributed by atoms with van der Waals surface area (Å²) in [4.78, 5) is 11.4. The number of halogens is 3. The third-order valence-electron chi connectivity index (χ3n) is 2.96. The topological polar surface area (TPSA) is 55.1 Å². The van der Waals surface area contributed by atoms with E-state index in [0.717, 1.165) is 19.3 Å². The lowest BCUT2D eigenvalue weighted by Crippen LogP contribution is -2.61. The van der Waals surface area contributed by atoms with Crippen molar-refractivity contribution >= 4 is 5.91 Å². The molecule has 1 aliphatic rings. The molecule has 0 aromatic carbocycles. The van der Waals surface area contributed by atoms with Crippen molar-refractivity contribution in [3.8, 4) is 0 Å². The van der Waals surface area contributed by atoms with Crippen molar-refractivity contribution in [3.05, 3.63) is 0 Å². The molecule has 0 heterocycles. The lowest BCUT2D eigenvalue weighted by molar-refractivity contribution is -0.187. The van der Waals surface area contributed by atoms with Crippen LogP contribution in [0.4, 0.5) is 13.2 Å². The second-order valence-corrected chi connectivity index (χ2v) is 4.56. The Morgan fingerprint density at radius 2 is 2.06 bits per heavy atom. The summed E-state index contributed by atoms with van der Waals surface area (Å²) in [5.41, 5.74) is 2.20. The fourth-order valence-corrected chi connectivity index (χ4v) is 1.56. The van der Waals surface area contributed by atoms with Crippen molar-refractivity contribution in [2.45, 2.75) is 50.9 Å². The predicted octanol–water partition coefficient (Wildman–Crippen LogP) is 1.57. The standard InChI is InChI=1S/C10H17F3N2O/c1-3-4-6-5-7(6)15-8(16)9(2,14)10(11,12)13/h6-7H,3-5,14H2,1-2H3,(H,15,16). The van der Waals surface area contributed by atoms with E-state index in [4.69, 9.17) is 5.73 Å². The third-order valence-corrected chi connectivity index (χ3v) is 2.96. The molecule has 1 saturated carbocycles. The zero-order valence-electron chi connectivity index (χ0n) is 9.40. The second-order valence-electron chi connectivity index (χ2n) is 4.56. The molecule has 0 spiro atoms. The maximum Gasteiger partial charge on any atom is 0.415 e. The molecular formula is C10H17F3N2O. The SMILES string of the molecule is CCCC1CC1NC(=O)C(C)(N)C(F)(F)F. The summed E-state index contributed by atoms with van der Waals surface area (Å²) in [6.45, 7) is 2.69. The summed E-state index contributed by atoms with van der Waals surface area (Å²) in [5, 5.41) is 2.35. The highest BCUT2D eigenvalue weighted by Gasteiger charge is 2.55. The van der Waals surface area contributed by atoms with Gasteiger partial charge in [0.05, 0.1) is 0 Å². The molecule has 0 bridgehead atoms. The van der Waals surface area contributed by atoms with Crippen LogP contribution in [0.2, 0.25) is 0 Å². The zero-order valence-corrected chi connectivity index (χ0v) is 9.40. The van der Waals surface area contributed by atoms with Crippen molar-refractivity contribution < 1.29 is 18.0 Å². The monoisotopic (exact) mass is 238 g/mol. The molecule has 3 unspecified atom stereocenters. The normalized spacial score (nSPS) is 28.4. The van der Waals surface area contributed by atoms with Crippen LogP contribution in [0.3, 0.4) is 0 Å². The molecule has 6 heteroatoms. The van der Waals surface area contributed by atoms with Gasteiger partial charge in [0.2, 0.25) is 5.91 Å². The maximum absolute atomic E-state index is 12.4. The van der Waals surface area contributed by atoms with Crippen molar-refractivity contribution in [3.63, 3.8) is 0 Å². The molecule has 1 amide bonds. The first kappa shape index (κ1) is 13.3. The Morgan fingerprint density at radius 1 is 1.50 bits per heavy atom. The largest absolute Gasteiger partial charge is 0.415 e. The van der Waals surface area contributed by atoms with Gasteiger partial charge >= 0.3 is 6.18 Å². The number of carbonyl (C=O) groups is 1. The first-order valence-corrected chi connectivity index (χ1v) is 5.36. The number of nitrogens with two attached hydrogens (primary N) is 1. The number of nitrogens with one attached hydrogen (secondary N) is 1. The van der Waals surface area contributed by atoms with E-state index in [9.17, 15) is 18.0 Å². The molecule has 1 aliphatic carbocycles. The van der Waals surface area contributed by atoms with Gasteiger partial charge < -0.3 is 11.1 Å². The average Bonchev–Trinajstić information content (AvgIpc) is 2.82. The highest BCUT2D eigenvalue weighted by atomic mass is 19.4. The van der Waals surface area contributed by atoms with Crippen LogP contribution in [0.15, 0.2) is 0 Å². The summed E-state index contributed by atoms with van der Waals surface area (Å²) >= 11 is 0. The minimum atomic E-state index is -4.72. The number of hydrogen-bond acceptors (Lipinski definition) is 2. The molecule has 0 aromatic heterocycles. The predicted molar refractivity (Wildman–Crippen MR) is 53.6 cm³/mol. The lowest BCUT2D eigenvalue weighted by Gasteiger charge is -2.26. The molecule has 0 aromatic rings. The van der Waals surface area contributed by atoms with Gasteiger partial charge in [-0.25, -0.2) is 0 Å². The van der Waals surface area contributed by atoms with Crippen molar-refractivity contribution in [1.82, 2.24) is 5.32 Å². The molecule has 3 atom stereocenters. The molecule has 0 aliphatic heterocycles. The van der Waals surface area contributed by atoms with E-state index in [2.05, 4.69) is 5.32 Å². The fourth-order valence-electron chi connectivity index (χ4n) is 1.56. The highest BCUT2D eigenvalue weighted by molar-refractivity contribution is 5.87. The Balaban J connectivity index is 2.48. The molecule has 16 heavy (non-hydrogen) atoms. The Morgan fingerprint density at radius 3 is 2.50 bits per heavy atom. The van der Waals surface area contributed by atoms with Crippen molar-refractivity contribution in [1.29, 1.82) is 0 Å². The summed E-state index contributed by atoms with van der Waals surface area (Å²) in [6, 6.07) is -0.127. The van der Waals surface area contributed by atoms with E-state index < -0.39 is 17.6 Å². The van der Waals surface area contributed by atoms with E-state index in [-0.39, 0.29) is 6.04 Å². The number of carbonyl (C=O) groups excluding carboxylic acids is 1. The molecule has 0 radical (unpaired) electrons. The van der Waals surface area contributed by atoms with Crippen LogP contribution in [-0.4, -0.2) is 23.7 Å². The summed E-state index contributed by atoms with van der Waals surface area (Å²) in [6.07, 6.45) is -2.06. The molecule has 0 saturated heterocycles.